The summed E-state index contributed by atoms with van der Waals surface area (Å²) in [6.07, 6.45) is 1.97. The van der Waals surface area contributed by atoms with Crippen LogP contribution < -0.4 is 15.4 Å². The number of benzene rings is 3. The molecule has 276 valence electrons. The molecule has 2 heterocycles. The van der Waals surface area contributed by atoms with Crippen LogP contribution in [0.1, 0.15) is 60.1 Å². The number of piperazine rings is 1. The number of hydrogen-bond acceptors (Lipinski definition) is 5. The first-order valence-electron chi connectivity index (χ1n) is 17.0. The summed E-state index contributed by atoms with van der Waals surface area (Å²) in [6.45, 7) is 11.2. The van der Waals surface area contributed by atoms with Crippen molar-refractivity contribution in [3.8, 4) is 5.75 Å². The Morgan fingerprint density at radius 2 is 1.63 bits per heavy atom. The van der Waals surface area contributed by atoms with E-state index in [9.17, 15) is 9.59 Å². The van der Waals surface area contributed by atoms with Crippen molar-refractivity contribution >= 4 is 76.4 Å². The van der Waals surface area contributed by atoms with Gasteiger partial charge in [-0.2, -0.15) is 0 Å². The Hall–Kier alpha value is -2.65. The van der Waals surface area contributed by atoms with Crippen LogP contribution in [-0.2, 0) is 22.4 Å². The average Bonchev–Trinajstić information content (AvgIpc) is 3.06. The van der Waals surface area contributed by atoms with Gasteiger partial charge < -0.3 is 20.1 Å². The van der Waals surface area contributed by atoms with Crippen molar-refractivity contribution in [3.63, 3.8) is 0 Å². The van der Waals surface area contributed by atoms with Crippen LogP contribution >= 0.6 is 58.8 Å². The molecule has 51 heavy (non-hydrogen) atoms. The lowest BCUT2D eigenvalue weighted by Gasteiger charge is -2.48. The molecule has 2 bridgehead atoms. The van der Waals surface area contributed by atoms with E-state index in [1.807, 2.05) is 24.3 Å². The second-order valence-electron chi connectivity index (χ2n) is 13.6. The third kappa shape index (κ3) is 9.67. The Bertz CT molecular complexity index is 1740. The summed E-state index contributed by atoms with van der Waals surface area (Å²) >= 11 is 24.8. The first-order valence-corrected chi connectivity index (χ1v) is 18.5. The van der Waals surface area contributed by atoms with Crippen molar-refractivity contribution in [2.24, 2.45) is 0 Å². The first-order chi connectivity index (χ1) is 23.7. The maximum absolute atomic E-state index is 14.1. The number of carbonyl (C=O) groups is 2. The summed E-state index contributed by atoms with van der Waals surface area (Å²) in [6, 6.07) is 19.3. The van der Waals surface area contributed by atoms with Crippen LogP contribution in [0.3, 0.4) is 0 Å². The van der Waals surface area contributed by atoms with E-state index in [1.54, 1.807) is 18.7 Å². The van der Waals surface area contributed by atoms with Crippen LogP contribution in [0.15, 0.2) is 66.2 Å². The highest BCUT2D eigenvalue weighted by Crippen LogP contribution is 2.42. The zero-order valence-electron chi connectivity index (χ0n) is 29.6. The van der Waals surface area contributed by atoms with Crippen molar-refractivity contribution in [1.29, 1.82) is 0 Å². The van der Waals surface area contributed by atoms with Gasteiger partial charge in [0, 0.05) is 36.7 Å². The van der Waals surface area contributed by atoms with Gasteiger partial charge in [-0.25, -0.2) is 4.79 Å². The second kappa shape index (κ2) is 17.5. The standard InChI is InChI=1S/C39H45Cl4N3O4.ClH/c1-24-12-13-25(2)35(26(24)3)49-20-18-27-14-16-28(17-15-27)31-21-30-22-44-23-33(46(30)37(48)50-38(4,5)39(41,42)43)34(31)36(47)45-19-8-10-29-9-6-7-11-32(29)40;/h6-7,9,11-17,30,33,44H,8,10,18-23H2,1-5H3,(H,45,47);1H. The fourth-order valence-corrected chi connectivity index (χ4v) is 6.88. The van der Waals surface area contributed by atoms with Gasteiger partial charge in [-0.05, 0) is 98.9 Å². The Labute approximate surface area is 327 Å². The predicted octanol–water partition coefficient (Wildman–Crippen LogP) is 9.14. The zero-order valence-corrected chi connectivity index (χ0v) is 33.4. The Morgan fingerprint density at radius 3 is 2.31 bits per heavy atom. The number of amides is 2. The smallest absolute Gasteiger partial charge is 0.411 e. The number of fused-ring (bicyclic) bond motifs is 2. The highest BCUT2D eigenvalue weighted by atomic mass is 35.6. The fourth-order valence-electron chi connectivity index (χ4n) is 6.53. The van der Waals surface area contributed by atoms with Gasteiger partial charge in [0.15, 0.2) is 5.60 Å². The van der Waals surface area contributed by atoms with Crippen molar-refractivity contribution in [2.45, 2.75) is 81.8 Å². The Balaban J connectivity index is 0.00000583. The first kappa shape index (κ1) is 41.1. The van der Waals surface area contributed by atoms with Crippen molar-refractivity contribution in [2.75, 3.05) is 26.2 Å². The van der Waals surface area contributed by atoms with E-state index in [4.69, 9.17) is 55.9 Å². The molecule has 2 atom stereocenters. The molecule has 2 aliphatic heterocycles. The number of halogens is 5. The van der Waals surface area contributed by atoms with E-state index in [2.05, 4.69) is 67.8 Å². The van der Waals surface area contributed by atoms with Gasteiger partial charge in [-0.1, -0.05) is 101 Å². The molecule has 3 aromatic rings. The third-order valence-electron chi connectivity index (χ3n) is 9.70. The fraction of sp³-hybridized carbons (Fsp3) is 0.436. The molecular formula is C39H46Cl5N3O4. The van der Waals surface area contributed by atoms with E-state index in [0.29, 0.717) is 49.7 Å². The minimum atomic E-state index is -1.85. The highest BCUT2D eigenvalue weighted by molar-refractivity contribution is 6.68. The third-order valence-corrected chi connectivity index (χ3v) is 11.4. The van der Waals surface area contributed by atoms with Gasteiger partial charge in [0.25, 0.3) is 0 Å². The minimum absolute atomic E-state index is 0. The second-order valence-corrected chi connectivity index (χ2v) is 16.3. The molecule has 1 saturated heterocycles. The lowest BCUT2D eigenvalue weighted by Crippen LogP contribution is -2.64. The van der Waals surface area contributed by atoms with Crippen LogP contribution in [0, 0.1) is 20.8 Å². The SMILES string of the molecule is Cc1ccc(C)c(OCCc2ccc(C3=C(C(=O)NCCCc4ccccc4Cl)C4CNCC(C3)N4C(=O)OC(C)(C)C(Cl)(Cl)Cl)cc2)c1C.Cl. The lowest BCUT2D eigenvalue weighted by molar-refractivity contribution is -0.118. The molecule has 2 unspecified atom stereocenters. The lowest BCUT2D eigenvalue weighted by atomic mass is 9.82. The number of nitrogens with zero attached hydrogens (tertiary/aromatic N) is 1. The molecule has 0 saturated carbocycles. The van der Waals surface area contributed by atoms with Crippen LogP contribution in [0.5, 0.6) is 5.75 Å². The van der Waals surface area contributed by atoms with E-state index in [0.717, 1.165) is 52.0 Å². The molecule has 2 N–H and O–H groups in total. The number of carbonyl (C=O) groups excluding carboxylic acids is 2. The van der Waals surface area contributed by atoms with Gasteiger partial charge >= 0.3 is 6.09 Å². The topological polar surface area (TPSA) is 79.9 Å². The van der Waals surface area contributed by atoms with Gasteiger partial charge in [-0.15, -0.1) is 12.4 Å². The number of rotatable bonds is 11. The van der Waals surface area contributed by atoms with Crippen LogP contribution in [0.25, 0.3) is 5.57 Å². The molecule has 2 aliphatic rings. The number of ether oxygens (including phenoxy) is 2. The molecule has 12 heteroatoms. The molecule has 1 fully saturated rings. The molecule has 7 nitrogen and oxygen atoms in total. The Morgan fingerprint density at radius 1 is 0.941 bits per heavy atom. The molecule has 5 rings (SSSR count). The number of nitrogens with one attached hydrogen (secondary N) is 2. The van der Waals surface area contributed by atoms with Crippen LogP contribution in [-0.4, -0.2) is 64.6 Å². The molecule has 3 aromatic carbocycles. The molecular weight excluding hydrogens is 752 g/mol. The van der Waals surface area contributed by atoms with E-state index >= 15 is 0 Å². The monoisotopic (exact) mass is 795 g/mol. The van der Waals surface area contributed by atoms with Crippen molar-refractivity contribution < 1.29 is 19.1 Å². The summed E-state index contributed by atoms with van der Waals surface area (Å²) < 4.78 is 10.2. The summed E-state index contributed by atoms with van der Waals surface area (Å²) in [5.74, 6) is 0.711. The number of hydrogen-bond donors (Lipinski definition) is 2. The maximum atomic E-state index is 14.1. The van der Waals surface area contributed by atoms with Gasteiger partial charge in [0.1, 0.15) is 5.75 Å². The molecule has 0 radical (unpaired) electrons. The maximum Gasteiger partial charge on any atom is 0.411 e. The summed E-state index contributed by atoms with van der Waals surface area (Å²) in [5.41, 5.74) is 6.60. The zero-order chi connectivity index (χ0) is 36.2. The van der Waals surface area contributed by atoms with Crippen molar-refractivity contribution in [1.82, 2.24) is 15.5 Å². The van der Waals surface area contributed by atoms with E-state index in [1.165, 1.54) is 5.56 Å². The summed E-state index contributed by atoms with van der Waals surface area (Å²) in [7, 11) is 0. The largest absolute Gasteiger partial charge is 0.493 e. The Kier molecular flexibility index (Phi) is 14.1. The summed E-state index contributed by atoms with van der Waals surface area (Å²) in [4.78, 5) is 29.5. The molecule has 0 aliphatic carbocycles. The molecule has 0 spiro atoms. The molecule has 0 aromatic heterocycles. The average molecular weight is 798 g/mol. The quantitative estimate of drug-likeness (QED) is 0.150. The minimum Gasteiger partial charge on any atom is -0.493 e. The molecule has 2 amide bonds. The van der Waals surface area contributed by atoms with E-state index < -0.39 is 21.5 Å². The van der Waals surface area contributed by atoms with Gasteiger partial charge in [-0.3, -0.25) is 9.69 Å². The number of alkyl halides is 3. The van der Waals surface area contributed by atoms with E-state index in [-0.39, 0.29) is 24.4 Å². The van der Waals surface area contributed by atoms with Gasteiger partial charge in [0.2, 0.25) is 9.70 Å². The summed E-state index contributed by atoms with van der Waals surface area (Å²) in [5, 5.41) is 7.23. The van der Waals surface area contributed by atoms with Crippen molar-refractivity contribution in [3.05, 3.63) is 105 Å². The predicted molar refractivity (Wildman–Crippen MR) is 211 cm³/mol. The van der Waals surface area contributed by atoms with Crippen LogP contribution in [0.4, 0.5) is 4.79 Å². The van der Waals surface area contributed by atoms with Crippen LogP contribution in [0.2, 0.25) is 5.02 Å². The number of aryl methyl sites for hydroxylation is 3. The van der Waals surface area contributed by atoms with Gasteiger partial charge in [0.05, 0.1) is 18.7 Å². The normalized spacial score (nSPS) is 17.5. The highest BCUT2D eigenvalue weighted by Gasteiger charge is 2.49.